The molecule has 0 aromatic heterocycles. The zero-order valence-corrected chi connectivity index (χ0v) is 16.8. The van der Waals surface area contributed by atoms with E-state index >= 15 is 0 Å². The van der Waals surface area contributed by atoms with Crippen LogP contribution in [0.1, 0.15) is 27.7 Å². The predicted octanol–water partition coefficient (Wildman–Crippen LogP) is -0.503. The van der Waals surface area contributed by atoms with Gasteiger partial charge in [-0.1, -0.05) is 10.3 Å². The molecule has 0 fully saturated rings. The summed E-state index contributed by atoms with van der Waals surface area (Å²) in [5.41, 5.74) is 8.93. The molecule has 0 rings (SSSR count). The number of azo groups is 1. The van der Waals surface area contributed by atoms with E-state index in [0.717, 1.165) is 0 Å². The van der Waals surface area contributed by atoms with E-state index in [1.54, 1.807) is 27.7 Å². The molecule has 14 nitrogen and oxygen atoms in total. The number of rotatable bonds is 4. The number of hydrogen-bond acceptors (Lipinski definition) is 10. The highest BCUT2D eigenvalue weighted by Crippen LogP contribution is 2.16. The average molecular weight is 422 g/mol. The highest BCUT2D eigenvalue weighted by atomic mass is 32.2. The molecule has 0 unspecified atom stereocenters. The molecule has 0 amide bonds. The van der Waals surface area contributed by atoms with Crippen LogP contribution in [0.3, 0.4) is 0 Å². The number of nitrogens with zero attached hydrogens (tertiary/aromatic N) is 4. The van der Waals surface area contributed by atoms with Gasteiger partial charge in [0.15, 0.2) is 11.7 Å². The van der Waals surface area contributed by atoms with Crippen LogP contribution >= 0.6 is 0 Å². The minimum absolute atomic E-state index is 0.0773. The zero-order chi connectivity index (χ0) is 22.0. The SMILES string of the molecule is CC(C)(N=NC(C)(C)C(N)=NO)C(N)=NO.CS(=O)(=O)O.CS(=O)(=O)O. The topological polar surface area (TPSA) is 251 Å². The van der Waals surface area contributed by atoms with Gasteiger partial charge in [0.05, 0.1) is 12.5 Å². The van der Waals surface area contributed by atoms with E-state index in [9.17, 15) is 16.8 Å². The number of oxime groups is 2. The smallest absolute Gasteiger partial charge is 0.261 e. The van der Waals surface area contributed by atoms with Crippen molar-refractivity contribution in [3.63, 3.8) is 0 Å². The molecule has 0 aliphatic carbocycles. The van der Waals surface area contributed by atoms with Crippen LogP contribution in [0.5, 0.6) is 0 Å². The molecule has 16 heteroatoms. The van der Waals surface area contributed by atoms with Crippen LogP contribution < -0.4 is 11.5 Å². The lowest BCUT2D eigenvalue weighted by Crippen LogP contribution is -2.39. The molecular weight excluding hydrogens is 396 g/mol. The van der Waals surface area contributed by atoms with Crippen molar-refractivity contribution in [3.8, 4) is 0 Å². The second kappa shape index (κ2) is 10.8. The van der Waals surface area contributed by atoms with E-state index in [2.05, 4.69) is 20.5 Å². The van der Waals surface area contributed by atoms with Gasteiger partial charge in [0.2, 0.25) is 0 Å². The molecule has 156 valence electrons. The van der Waals surface area contributed by atoms with Gasteiger partial charge in [-0.3, -0.25) is 9.11 Å². The van der Waals surface area contributed by atoms with Crippen molar-refractivity contribution in [1.29, 1.82) is 0 Å². The summed E-state index contributed by atoms with van der Waals surface area (Å²) in [5.74, 6) is -0.155. The van der Waals surface area contributed by atoms with Gasteiger partial charge in [-0.2, -0.15) is 27.1 Å². The maximum atomic E-state index is 9.19. The van der Waals surface area contributed by atoms with E-state index < -0.39 is 31.3 Å². The Kier molecular flexibility index (Phi) is 12.0. The Labute approximate surface area is 152 Å². The highest BCUT2D eigenvalue weighted by molar-refractivity contribution is 7.85. The minimum atomic E-state index is -3.67. The lowest BCUT2D eigenvalue weighted by Gasteiger charge is -2.20. The second-order valence-corrected chi connectivity index (χ2v) is 8.69. The molecule has 0 aliphatic rings. The van der Waals surface area contributed by atoms with Crippen molar-refractivity contribution < 1.29 is 36.4 Å². The summed E-state index contributed by atoms with van der Waals surface area (Å²) in [6.45, 7) is 6.48. The molecule has 0 radical (unpaired) electrons. The van der Waals surface area contributed by atoms with Gasteiger partial charge < -0.3 is 21.9 Å². The fraction of sp³-hybridized carbons (Fsp3) is 0.800. The van der Waals surface area contributed by atoms with Gasteiger partial charge in [-0.15, -0.1) is 0 Å². The third-order valence-corrected chi connectivity index (χ3v) is 2.02. The third kappa shape index (κ3) is 22.0. The first-order valence-electron chi connectivity index (χ1n) is 6.42. The van der Waals surface area contributed by atoms with Crippen molar-refractivity contribution in [2.24, 2.45) is 32.0 Å². The molecule has 0 saturated carbocycles. The van der Waals surface area contributed by atoms with Gasteiger partial charge in [0, 0.05) is 0 Å². The van der Waals surface area contributed by atoms with Crippen LogP contribution in [0.15, 0.2) is 20.5 Å². The lowest BCUT2D eigenvalue weighted by molar-refractivity contribution is 0.310. The highest BCUT2D eigenvalue weighted by Gasteiger charge is 2.27. The van der Waals surface area contributed by atoms with E-state index in [4.69, 9.17) is 31.0 Å². The molecule has 0 saturated heterocycles. The summed E-state index contributed by atoms with van der Waals surface area (Å²) in [6, 6.07) is 0. The third-order valence-electron chi connectivity index (χ3n) is 2.02. The molecular formula is C10H26N6O8S2. The van der Waals surface area contributed by atoms with Crippen LogP contribution in [-0.4, -0.2) is 71.6 Å². The van der Waals surface area contributed by atoms with Crippen molar-refractivity contribution in [2.75, 3.05) is 12.5 Å². The lowest BCUT2D eigenvalue weighted by atomic mass is 10.1. The van der Waals surface area contributed by atoms with Gasteiger partial charge in [-0.25, -0.2) is 0 Å². The first-order valence-corrected chi connectivity index (χ1v) is 10.1. The summed E-state index contributed by atoms with van der Waals surface area (Å²) in [5, 5.41) is 30.6. The van der Waals surface area contributed by atoms with Crippen LogP contribution in [0, 0.1) is 0 Å². The monoisotopic (exact) mass is 422 g/mol. The maximum Gasteiger partial charge on any atom is 0.261 e. The standard InChI is InChI=1S/C8H18N6O2.2CH4O3S/c1-7(2,5(9)11-15)13-14-8(3,4)6(10)12-16;2*1-5(2,3)4/h15-16H,1-4H3,(H2,9,11)(H2,10,12);2*1H3,(H,2,3,4). The first-order chi connectivity index (χ1) is 11.2. The quantitative estimate of drug-likeness (QED) is 0.0844. The molecule has 0 spiro atoms. The molecule has 0 aromatic rings. The van der Waals surface area contributed by atoms with Gasteiger partial charge in [0.1, 0.15) is 11.1 Å². The van der Waals surface area contributed by atoms with E-state index in [-0.39, 0.29) is 11.7 Å². The molecule has 0 aliphatic heterocycles. The average Bonchev–Trinajstić information content (AvgIpc) is 2.39. The van der Waals surface area contributed by atoms with Gasteiger partial charge in [0.25, 0.3) is 20.2 Å². The number of hydrogen-bond donors (Lipinski definition) is 6. The molecule has 8 N–H and O–H groups in total. The fourth-order valence-corrected chi connectivity index (χ4v) is 0.597. The Morgan fingerprint density at radius 3 is 1.00 bits per heavy atom. The Morgan fingerprint density at radius 2 is 0.885 bits per heavy atom. The minimum Gasteiger partial charge on any atom is -0.409 e. The summed E-state index contributed by atoms with van der Waals surface area (Å²) < 4.78 is 51.7. The zero-order valence-electron chi connectivity index (χ0n) is 15.2. The van der Waals surface area contributed by atoms with Crippen molar-refractivity contribution in [1.82, 2.24) is 0 Å². The molecule has 0 atom stereocenters. The van der Waals surface area contributed by atoms with Crippen LogP contribution in [0.2, 0.25) is 0 Å². The predicted molar refractivity (Wildman–Crippen MR) is 94.8 cm³/mol. The van der Waals surface area contributed by atoms with Gasteiger partial charge >= 0.3 is 0 Å². The Morgan fingerprint density at radius 1 is 0.731 bits per heavy atom. The van der Waals surface area contributed by atoms with Crippen molar-refractivity contribution in [3.05, 3.63) is 0 Å². The van der Waals surface area contributed by atoms with E-state index in [0.29, 0.717) is 12.5 Å². The number of nitrogens with two attached hydrogens (primary N) is 2. The van der Waals surface area contributed by atoms with Crippen molar-refractivity contribution in [2.45, 2.75) is 38.8 Å². The maximum absolute atomic E-state index is 9.19. The molecule has 0 heterocycles. The molecule has 0 aromatic carbocycles. The summed E-state index contributed by atoms with van der Waals surface area (Å²) >= 11 is 0. The van der Waals surface area contributed by atoms with E-state index in [1.807, 2.05) is 0 Å². The van der Waals surface area contributed by atoms with Gasteiger partial charge in [-0.05, 0) is 27.7 Å². The molecule has 26 heavy (non-hydrogen) atoms. The molecule has 0 bridgehead atoms. The fourth-order valence-electron chi connectivity index (χ4n) is 0.597. The van der Waals surface area contributed by atoms with Crippen LogP contribution in [0.4, 0.5) is 0 Å². The largest absolute Gasteiger partial charge is 0.409 e. The Bertz CT molecular complexity index is 647. The van der Waals surface area contributed by atoms with E-state index in [1.165, 1.54) is 0 Å². The summed E-state index contributed by atoms with van der Waals surface area (Å²) in [6.07, 6.45) is 1.43. The summed E-state index contributed by atoms with van der Waals surface area (Å²) in [4.78, 5) is 0. The second-order valence-electron chi connectivity index (χ2n) is 5.75. The summed E-state index contributed by atoms with van der Waals surface area (Å²) in [7, 11) is -7.33. The Hall–Kier alpha value is -2.04. The normalized spacial score (nSPS) is 14.2. The first kappa shape index (κ1) is 28.8. The Balaban J connectivity index is -0.000000433. The van der Waals surface area contributed by atoms with Crippen LogP contribution in [-0.2, 0) is 20.2 Å². The number of amidine groups is 2. The van der Waals surface area contributed by atoms with Crippen molar-refractivity contribution >= 4 is 31.9 Å². The van der Waals surface area contributed by atoms with Crippen LogP contribution in [0.25, 0.3) is 0 Å².